The van der Waals surface area contributed by atoms with Crippen molar-refractivity contribution >= 4 is 19.7 Å². The Morgan fingerprint density at radius 3 is 1.54 bits per heavy atom. The van der Waals surface area contributed by atoms with Gasteiger partial charge in [-0.25, -0.2) is 4.57 Å². The monoisotopic (exact) mass is 812 g/mol. The molecule has 0 radical (unpaired) electrons. The van der Waals surface area contributed by atoms with Crippen LogP contribution in [0.15, 0.2) is 36.5 Å². The number of rotatable bonds is 43. The molecule has 0 aromatic carbocycles. The third kappa shape index (κ3) is 43.4. The molecule has 0 aromatic heterocycles. The number of nitrogens with one attached hydrogen (secondary N) is 1. The summed E-state index contributed by atoms with van der Waals surface area (Å²) in [5, 5.41) is 12.7. The van der Waals surface area contributed by atoms with Gasteiger partial charge in [0.15, 0.2) is 0 Å². The van der Waals surface area contributed by atoms with Crippen molar-refractivity contribution in [1.82, 2.24) is 5.32 Å². The fraction of sp³-hybridized carbons (Fsp3) is 0.826. The predicted molar refractivity (Wildman–Crippen MR) is 234 cm³/mol. The van der Waals surface area contributed by atoms with Gasteiger partial charge in [0, 0.05) is 19.4 Å². The molecule has 3 N–H and O–H groups in total. The maximum absolute atomic E-state index is 12.1. The third-order valence-electron chi connectivity index (χ3n) is 9.83. The van der Waals surface area contributed by atoms with E-state index in [1.807, 2.05) is 0 Å². The molecule has 0 heterocycles. The number of amides is 1. The number of allylic oxidation sites excluding steroid dienone is 6. The zero-order chi connectivity index (χ0) is 41.1. The fourth-order valence-corrected chi connectivity index (χ4v) is 7.15. The second kappa shape index (κ2) is 42.8. The van der Waals surface area contributed by atoms with Gasteiger partial charge in [-0.05, 0) is 44.9 Å². The van der Waals surface area contributed by atoms with E-state index >= 15 is 0 Å². The van der Waals surface area contributed by atoms with Crippen LogP contribution in [0.5, 0.6) is 0 Å². The number of aliphatic hydroxyl groups excluding tert-OH is 1. The van der Waals surface area contributed by atoms with Gasteiger partial charge in [-0.1, -0.05) is 192 Å². The Labute approximate surface area is 343 Å². The van der Waals surface area contributed by atoms with Crippen LogP contribution in [0.1, 0.15) is 213 Å². The Hall–Kier alpha value is -1.77. The van der Waals surface area contributed by atoms with Crippen molar-refractivity contribution in [3.63, 3.8) is 0 Å². The molecule has 2 unspecified atom stereocenters. The average Bonchev–Trinajstić information content (AvgIpc) is 3.18. The number of ether oxygens (including phenoxy) is 1. The number of hydrogen-bond donors (Lipinski definition) is 3. The standard InChI is InChI=1S/C46H86NO8P/c1-3-5-7-9-11-13-15-17-19-20-21-22-23-25-26-28-30-32-34-36-38-45(49)47-40-41-54-56(51,52)55-43-44(48)42-53-46(50)39-37-35-33-31-29-27-24-18-16-14-12-10-8-6-4-2/h6,8,12,14,18,24,44,48H,3-5,7,9-11,13,15-17,19-23,25-43H2,1-2H3,(H,47,49)(H,51,52)/b8-6-,14-12-,24-18-. The van der Waals surface area contributed by atoms with Crippen LogP contribution < -0.4 is 5.32 Å². The molecule has 1 amide bonds. The summed E-state index contributed by atoms with van der Waals surface area (Å²) in [6, 6.07) is 0. The normalized spacial score (nSPS) is 13.6. The van der Waals surface area contributed by atoms with Gasteiger partial charge < -0.3 is 20.1 Å². The first-order valence-electron chi connectivity index (χ1n) is 23.0. The van der Waals surface area contributed by atoms with E-state index in [2.05, 4.69) is 55.6 Å². The molecule has 0 aliphatic rings. The first-order valence-corrected chi connectivity index (χ1v) is 24.5. The van der Waals surface area contributed by atoms with Crippen LogP contribution in [0.25, 0.3) is 0 Å². The Bertz CT molecular complexity index is 1020. The first kappa shape index (κ1) is 54.2. The van der Waals surface area contributed by atoms with Gasteiger partial charge in [0.2, 0.25) is 5.91 Å². The highest BCUT2D eigenvalue weighted by atomic mass is 31.2. The van der Waals surface area contributed by atoms with Gasteiger partial charge in [-0.2, -0.15) is 0 Å². The predicted octanol–water partition coefficient (Wildman–Crippen LogP) is 12.9. The van der Waals surface area contributed by atoms with E-state index in [1.54, 1.807) is 0 Å². The van der Waals surface area contributed by atoms with E-state index in [0.717, 1.165) is 70.6 Å². The number of hydrogen-bond acceptors (Lipinski definition) is 7. The Balaban J connectivity index is 3.57. The molecule has 2 atom stereocenters. The SMILES string of the molecule is CC/C=C\C/C=C\C/C=C\CCCCCCCC(=O)OCC(O)COP(=O)(O)OCCNC(=O)CCCCCCCCCCCCCCCCCCCCCC. The van der Waals surface area contributed by atoms with Gasteiger partial charge in [0.05, 0.1) is 13.2 Å². The summed E-state index contributed by atoms with van der Waals surface area (Å²) < 4.78 is 26.9. The Morgan fingerprint density at radius 2 is 1.02 bits per heavy atom. The van der Waals surface area contributed by atoms with E-state index in [4.69, 9.17) is 13.8 Å². The van der Waals surface area contributed by atoms with Crippen LogP contribution in [-0.2, 0) is 27.9 Å². The number of unbranched alkanes of at least 4 members (excludes halogenated alkanes) is 24. The maximum Gasteiger partial charge on any atom is 0.472 e. The van der Waals surface area contributed by atoms with Crippen molar-refractivity contribution < 1.29 is 37.9 Å². The van der Waals surface area contributed by atoms with E-state index in [1.165, 1.54) is 109 Å². The van der Waals surface area contributed by atoms with Gasteiger partial charge >= 0.3 is 13.8 Å². The maximum atomic E-state index is 12.1. The minimum absolute atomic E-state index is 0.0819. The second-order valence-electron chi connectivity index (χ2n) is 15.4. The lowest BCUT2D eigenvalue weighted by Gasteiger charge is -2.15. The number of aliphatic hydroxyl groups is 1. The molecule has 328 valence electrons. The topological polar surface area (TPSA) is 131 Å². The van der Waals surface area contributed by atoms with Crippen molar-refractivity contribution in [2.45, 2.75) is 219 Å². The van der Waals surface area contributed by atoms with Crippen LogP contribution in [0, 0.1) is 0 Å². The summed E-state index contributed by atoms with van der Waals surface area (Å²) in [5.74, 6) is -0.528. The van der Waals surface area contributed by atoms with Crippen LogP contribution in [0.2, 0.25) is 0 Å². The van der Waals surface area contributed by atoms with E-state index in [0.29, 0.717) is 12.8 Å². The molecule has 0 saturated carbocycles. The molecule has 0 bridgehead atoms. The molecule has 10 heteroatoms. The Morgan fingerprint density at radius 1 is 0.571 bits per heavy atom. The van der Waals surface area contributed by atoms with Crippen molar-refractivity contribution in [3.8, 4) is 0 Å². The highest BCUT2D eigenvalue weighted by Crippen LogP contribution is 2.42. The lowest BCUT2D eigenvalue weighted by molar-refractivity contribution is -0.147. The minimum atomic E-state index is -4.42. The zero-order valence-electron chi connectivity index (χ0n) is 36.1. The number of carbonyl (C=O) groups excluding carboxylic acids is 2. The summed E-state index contributed by atoms with van der Waals surface area (Å²) in [4.78, 5) is 33.9. The number of phosphoric acid groups is 1. The van der Waals surface area contributed by atoms with Crippen LogP contribution in [0.3, 0.4) is 0 Å². The number of esters is 1. The van der Waals surface area contributed by atoms with Gasteiger partial charge in [-0.3, -0.25) is 18.6 Å². The summed E-state index contributed by atoms with van der Waals surface area (Å²) in [7, 11) is -4.42. The summed E-state index contributed by atoms with van der Waals surface area (Å²) >= 11 is 0. The number of carbonyl (C=O) groups is 2. The van der Waals surface area contributed by atoms with E-state index < -0.39 is 26.5 Å². The Kier molecular flexibility index (Phi) is 41.5. The summed E-state index contributed by atoms with van der Waals surface area (Å²) in [6.45, 7) is 3.45. The fourth-order valence-electron chi connectivity index (χ4n) is 6.40. The first-order chi connectivity index (χ1) is 27.3. The van der Waals surface area contributed by atoms with Crippen LogP contribution >= 0.6 is 7.82 Å². The molecule has 0 spiro atoms. The quantitative estimate of drug-likeness (QED) is 0.0240. The summed E-state index contributed by atoms with van der Waals surface area (Å²) in [5.41, 5.74) is 0. The van der Waals surface area contributed by atoms with Gasteiger partial charge in [0.25, 0.3) is 0 Å². The van der Waals surface area contributed by atoms with Crippen LogP contribution in [0.4, 0.5) is 0 Å². The van der Waals surface area contributed by atoms with Crippen molar-refractivity contribution in [2.75, 3.05) is 26.4 Å². The molecule has 9 nitrogen and oxygen atoms in total. The molecule has 0 fully saturated rings. The molecular formula is C46H86NO8P. The zero-order valence-corrected chi connectivity index (χ0v) is 37.0. The lowest BCUT2D eigenvalue weighted by Crippen LogP contribution is -2.27. The van der Waals surface area contributed by atoms with E-state index in [9.17, 15) is 24.2 Å². The molecule has 56 heavy (non-hydrogen) atoms. The molecule has 0 rings (SSSR count). The van der Waals surface area contributed by atoms with Crippen molar-refractivity contribution in [3.05, 3.63) is 36.5 Å². The van der Waals surface area contributed by atoms with Crippen LogP contribution in [-0.4, -0.2) is 54.3 Å². The molecule has 0 aliphatic carbocycles. The minimum Gasteiger partial charge on any atom is -0.463 e. The third-order valence-corrected chi connectivity index (χ3v) is 10.8. The smallest absolute Gasteiger partial charge is 0.463 e. The lowest BCUT2D eigenvalue weighted by atomic mass is 10.0. The molecule has 0 aromatic rings. The van der Waals surface area contributed by atoms with Gasteiger partial charge in [-0.15, -0.1) is 0 Å². The summed E-state index contributed by atoms with van der Waals surface area (Å²) in [6.07, 6.45) is 47.9. The second-order valence-corrected chi connectivity index (χ2v) is 16.8. The van der Waals surface area contributed by atoms with Crippen molar-refractivity contribution in [1.29, 1.82) is 0 Å². The highest BCUT2D eigenvalue weighted by molar-refractivity contribution is 7.47. The average molecular weight is 812 g/mol. The highest BCUT2D eigenvalue weighted by Gasteiger charge is 2.23. The number of phosphoric ester groups is 1. The van der Waals surface area contributed by atoms with Crippen molar-refractivity contribution in [2.24, 2.45) is 0 Å². The molecule has 0 saturated heterocycles. The molecular weight excluding hydrogens is 725 g/mol. The van der Waals surface area contributed by atoms with Gasteiger partial charge in [0.1, 0.15) is 12.7 Å². The molecule has 0 aliphatic heterocycles. The largest absolute Gasteiger partial charge is 0.472 e. The van der Waals surface area contributed by atoms with E-state index in [-0.39, 0.29) is 32.1 Å².